The Morgan fingerprint density at radius 3 is 2.22 bits per heavy atom. The molecule has 1 heterocycles. The van der Waals surface area contributed by atoms with Crippen LogP contribution in [0, 0.1) is 5.82 Å². The lowest BCUT2D eigenvalue weighted by molar-refractivity contribution is 0.394. The molecule has 6 heteroatoms. The van der Waals surface area contributed by atoms with E-state index < -0.39 is 5.82 Å². The van der Waals surface area contributed by atoms with Gasteiger partial charge >= 0.3 is 0 Å². The molecule has 0 aliphatic rings. The van der Waals surface area contributed by atoms with Crippen LogP contribution in [0.5, 0.6) is 11.5 Å². The maximum absolute atomic E-state index is 13.9. The quantitative estimate of drug-likeness (QED) is 0.817. The van der Waals surface area contributed by atoms with Crippen molar-refractivity contribution >= 4 is 15.9 Å². The Balaban J connectivity index is 2.59. The maximum Gasteiger partial charge on any atom is 0.182 e. The van der Waals surface area contributed by atoms with Crippen LogP contribution in [0.15, 0.2) is 29.1 Å². The van der Waals surface area contributed by atoms with Gasteiger partial charge in [0.15, 0.2) is 5.82 Å². The summed E-state index contributed by atoms with van der Waals surface area (Å²) < 4.78 is 24.3. The first-order chi connectivity index (χ1) is 8.65. The molecule has 0 radical (unpaired) electrons. The number of ether oxygens (including phenoxy) is 2. The van der Waals surface area contributed by atoms with Gasteiger partial charge in [-0.3, -0.25) is 0 Å². The second-order valence-electron chi connectivity index (χ2n) is 3.43. The molecule has 1 aromatic heterocycles. The predicted octanol–water partition coefficient (Wildman–Crippen LogP) is 3.06. The highest BCUT2D eigenvalue weighted by Crippen LogP contribution is 2.31. The first-order valence-corrected chi connectivity index (χ1v) is 5.84. The highest BCUT2D eigenvalue weighted by atomic mass is 79.9. The molecule has 0 unspecified atom stereocenters. The summed E-state index contributed by atoms with van der Waals surface area (Å²) in [5.41, 5.74) is 0.751. The zero-order valence-corrected chi connectivity index (χ0v) is 11.4. The molecule has 18 heavy (non-hydrogen) atoms. The van der Waals surface area contributed by atoms with Gasteiger partial charge in [-0.15, -0.1) is 0 Å². The third-order valence-corrected chi connectivity index (χ3v) is 2.92. The molecule has 0 N–H and O–H groups in total. The van der Waals surface area contributed by atoms with E-state index in [0.717, 1.165) is 0 Å². The molecule has 0 bridgehead atoms. The molecule has 94 valence electrons. The van der Waals surface area contributed by atoms with Crippen LogP contribution in [-0.2, 0) is 0 Å². The fourth-order valence-corrected chi connectivity index (χ4v) is 1.77. The fraction of sp³-hybridized carbons (Fsp3) is 0.167. The van der Waals surface area contributed by atoms with E-state index in [-0.39, 0.29) is 10.3 Å². The first-order valence-electron chi connectivity index (χ1n) is 5.05. The predicted molar refractivity (Wildman–Crippen MR) is 68.2 cm³/mol. The summed E-state index contributed by atoms with van der Waals surface area (Å²) >= 11 is 3.03. The van der Waals surface area contributed by atoms with Gasteiger partial charge in [-0.1, -0.05) is 0 Å². The van der Waals surface area contributed by atoms with E-state index in [1.54, 1.807) is 18.2 Å². The number of hydrogen-bond donors (Lipinski definition) is 0. The van der Waals surface area contributed by atoms with Gasteiger partial charge in [0, 0.05) is 11.6 Å². The summed E-state index contributed by atoms with van der Waals surface area (Å²) in [6, 6.07) is 5.07. The summed E-state index contributed by atoms with van der Waals surface area (Å²) in [5, 5.41) is 0. The Kier molecular flexibility index (Phi) is 3.76. The Morgan fingerprint density at radius 2 is 1.67 bits per heavy atom. The summed E-state index contributed by atoms with van der Waals surface area (Å²) in [4.78, 5) is 7.65. The van der Waals surface area contributed by atoms with Crippen molar-refractivity contribution in [3.05, 3.63) is 34.9 Å². The monoisotopic (exact) mass is 312 g/mol. The number of benzene rings is 1. The number of rotatable bonds is 3. The third kappa shape index (κ3) is 2.43. The lowest BCUT2D eigenvalue weighted by Gasteiger charge is -2.08. The highest BCUT2D eigenvalue weighted by Gasteiger charge is 2.13. The molecule has 0 fully saturated rings. The number of methoxy groups -OCH3 is 2. The number of hydrogen-bond acceptors (Lipinski definition) is 4. The first kappa shape index (κ1) is 12.8. The van der Waals surface area contributed by atoms with Crippen LogP contribution < -0.4 is 9.47 Å². The standard InChI is InChI=1S/C12H10BrFN2O2/c1-17-8-3-7(4-9(5-8)18-2)11-10(14)12(13)16-6-15-11/h3-6H,1-2H3. The average Bonchev–Trinajstić information content (AvgIpc) is 2.41. The maximum atomic E-state index is 13.9. The fourth-order valence-electron chi connectivity index (χ4n) is 1.49. The van der Waals surface area contributed by atoms with E-state index >= 15 is 0 Å². The van der Waals surface area contributed by atoms with E-state index in [4.69, 9.17) is 9.47 Å². The zero-order valence-electron chi connectivity index (χ0n) is 9.78. The molecule has 1 aromatic carbocycles. The Hall–Kier alpha value is -1.69. The van der Waals surface area contributed by atoms with E-state index in [2.05, 4.69) is 25.9 Å². The Morgan fingerprint density at radius 1 is 1.06 bits per heavy atom. The van der Waals surface area contributed by atoms with Crippen molar-refractivity contribution < 1.29 is 13.9 Å². The van der Waals surface area contributed by atoms with E-state index in [1.165, 1.54) is 20.5 Å². The van der Waals surface area contributed by atoms with Gasteiger partial charge in [0.25, 0.3) is 0 Å². The summed E-state index contributed by atoms with van der Waals surface area (Å²) in [6.07, 6.45) is 1.29. The molecule has 2 aromatic rings. The largest absolute Gasteiger partial charge is 0.497 e. The average molecular weight is 313 g/mol. The number of halogens is 2. The van der Waals surface area contributed by atoms with Crippen LogP contribution in [0.3, 0.4) is 0 Å². The molecule has 0 saturated heterocycles. The van der Waals surface area contributed by atoms with Crippen molar-refractivity contribution in [1.82, 2.24) is 9.97 Å². The minimum atomic E-state index is -0.521. The SMILES string of the molecule is COc1cc(OC)cc(-c2ncnc(Br)c2F)c1. The van der Waals surface area contributed by atoms with Crippen LogP contribution in [0.25, 0.3) is 11.3 Å². The lowest BCUT2D eigenvalue weighted by atomic mass is 10.1. The van der Waals surface area contributed by atoms with Gasteiger partial charge in [-0.2, -0.15) is 0 Å². The van der Waals surface area contributed by atoms with Crippen LogP contribution in [0.4, 0.5) is 4.39 Å². The molecular weight excluding hydrogens is 303 g/mol. The summed E-state index contributed by atoms with van der Waals surface area (Å²) in [7, 11) is 3.07. The van der Waals surface area contributed by atoms with Crippen molar-refractivity contribution in [3.8, 4) is 22.8 Å². The van der Waals surface area contributed by atoms with Crippen molar-refractivity contribution in [2.45, 2.75) is 0 Å². The molecule has 0 saturated carbocycles. The van der Waals surface area contributed by atoms with Crippen LogP contribution >= 0.6 is 15.9 Å². The van der Waals surface area contributed by atoms with Crippen molar-refractivity contribution in [2.24, 2.45) is 0 Å². The molecule has 0 amide bonds. The molecule has 2 rings (SSSR count). The normalized spacial score (nSPS) is 10.2. The molecular formula is C12H10BrFN2O2. The highest BCUT2D eigenvalue weighted by molar-refractivity contribution is 9.10. The second-order valence-corrected chi connectivity index (χ2v) is 4.18. The number of aromatic nitrogens is 2. The van der Waals surface area contributed by atoms with Gasteiger partial charge in [0.05, 0.1) is 14.2 Å². The van der Waals surface area contributed by atoms with Gasteiger partial charge in [0.1, 0.15) is 28.1 Å². The summed E-state index contributed by atoms with van der Waals surface area (Å²) in [6.45, 7) is 0. The topological polar surface area (TPSA) is 44.2 Å². The third-order valence-electron chi connectivity index (χ3n) is 2.37. The molecule has 0 atom stereocenters. The summed E-state index contributed by atoms with van der Waals surface area (Å²) in [5.74, 6) is 0.616. The minimum Gasteiger partial charge on any atom is -0.497 e. The van der Waals surface area contributed by atoms with E-state index in [1.807, 2.05) is 0 Å². The lowest BCUT2D eigenvalue weighted by Crippen LogP contribution is -1.95. The molecule has 0 spiro atoms. The van der Waals surface area contributed by atoms with E-state index in [9.17, 15) is 4.39 Å². The molecule has 0 aliphatic heterocycles. The van der Waals surface area contributed by atoms with Gasteiger partial charge in [-0.25, -0.2) is 14.4 Å². The van der Waals surface area contributed by atoms with Gasteiger partial charge < -0.3 is 9.47 Å². The second kappa shape index (κ2) is 5.30. The smallest absolute Gasteiger partial charge is 0.182 e. The van der Waals surface area contributed by atoms with Crippen LogP contribution in [0.2, 0.25) is 0 Å². The van der Waals surface area contributed by atoms with Crippen LogP contribution in [-0.4, -0.2) is 24.2 Å². The zero-order chi connectivity index (χ0) is 13.1. The van der Waals surface area contributed by atoms with Crippen molar-refractivity contribution in [3.63, 3.8) is 0 Å². The molecule has 0 aliphatic carbocycles. The van der Waals surface area contributed by atoms with Crippen molar-refractivity contribution in [1.29, 1.82) is 0 Å². The van der Waals surface area contributed by atoms with Crippen LogP contribution in [0.1, 0.15) is 0 Å². The Bertz CT molecular complexity index is 556. The minimum absolute atomic E-state index is 0.120. The van der Waals surface area contributed by atoms with Gasteiger partial charge in [0.2, 0.25) is 0 Å². The van der Waals surface area contributed by atoms with E-state index in [0.29, 0.717) is 17.1 Å². The number of nitrogens with zero attached hydrogens (tertiary/aromatic N) is 2. The van der Waals surface area contributed by atoms with Crippen molar-refractivity contribution in [2.75, 3.05) is 14.2 Å². The molecule has 4 nitrogen and oxygen atoms in total. The van der Waals surface area contributed by atoms with Gasteiger partial charge in [-0.05, 0) is 28.1 Å². The Labute approximate surface area is 112 Å².